The summed E-state index contributed by atoms with van der Waals surface area (Å²) >= 11 is 0. The number of hydrogen-bond acceptors (Lipinski definition) is 4. The number of carbonyl (C=O) groups is 1. The number of piperidine rings is 1. The standard InChI is InChI=1S/C18H26N2O4S/c1-2-24-18(21)16-10-6-12-19(14-16)25(22,23)20-13-7-11-17(20)15-8-4-3-5-9-15/h3-5,8-9,16-17H,2,6-7,10-14H2,1H3/t16-,17+/m0/s1. The van der Waals surface area contributed by atoms with Crippen molar-refractivity contribution >= 4 is 16.2 Å². The molecule has 2 saturated heterocycles. The van der Waals surface area contributed by atoms with Crippen LogP contribution in [0.2, 0.25) is 0 Å². The summed E-state index contributed by atoms with van der Waals surface area (Å²) in [4.78, 5) is 12.0. The molecule has 6 nitrogen and oxygen atoms in total. The molecule has 25 heavy (non-hydrogen) atoms. The van der Waals surface area contributed by atoms with Gasteiger partial charge in [-0.25, -0.2) is 0 Å². The zero-order valence-electron chi connectivity index (χ0n) is 14.6. The van der Waals surface area contributed by atoms with E-state index in [-0.39, 0.29) is 24.5 Å². The van der Waals surface area contributed by atoms with Gasteiger partial charge in [-0.05, 0) is 38.2 Å². The number of ether oxygens (including phenoxy) is 1. The highest BCUT2D eigenvalue weighted by atomic mass is 32.2. The van der Waals surface area contributed by atoms with Gasteiger partial charge in [0.2, 0.25) is 0 Å². The van der Waals surface area contributed by atoms with Crippen LogP contribution in [0.4, 0.5) is 0 Å². The summed E-state index contributed by atoms with van der Waals surface area (Å²) in [6.07, 6.45) is 3.06. The molecule has 0 unspecified atom stereocenters. The van der Waals surface area contributed by atoms with Gasteiger partial charge in [0.1, 0.15) is 0 Å². The van der Waals surface area contributed by atoms with Gasteiger partial charge >= 0.3 is 5.97 Å². The van der Waals surface area contributed by atoms with Crippen LogP contribution in [-0.2, 0) is 19.7 Å². The van der Waals surface area contributed by atoms with Gasteiger partial charge in [0.15, 0.2) is 0 Å². The van der Waals surface area contributed by atoms with Crippen molar-refractivity contribution < 1.29 is 17.9 Å². The van der Waals surface area contributed by atoms with Gasteiger partial charge in [-0.2, -0.15) is 17.0 Å². The highest BCUT2D eigenvalue weighted by Crippen LogP contribution is 2.36. The fourth-order valence-corrected chi connectivity index (χ4v) is 5.71. The van der Waals surface area contributed by atoms with Gasteiger partial charge in [-0.1, -0.05) is 30.3 Å². The van der Waals surface area contributed by atoms with E-state index >= 15 is 0 Å². The van der Waals surface area contributed by atoms with Crippen LogP contribution >= 0.6 is 0 Å². The first kappa shape index (κ1) is 18.4. The minimum absolute atomic E-state index is 0.117. The van der Waals surface area contributed by atoms with Gasteiger partial charge in [-0.3, -0.25) is 4.79 Å². The van der Waals surface area contributed by atoms with E-state index in [1.165, 1.54) is 4.31 Å². The molecule has 0 N–H and O–H groups in total. The molecule has 0 aliphatic carbocycles. The largest absolute Gasteiger partial charge is 0.466 e. The monoisotopic (exact) mass is 366 g/mol. The van der Waals surface area contributed by atoms with E-state index in [9.17, 15) is 13.2 Å². The molecule has 0 amide bonds. The number of hydrogen-bond donors (Lipinski definition) is 0. The Hall–Kier alpha value is -1.44. The van der Waals surface area contributed by atoms with E-state index in [2.05, 4.69) is 0 Å². The van der Waals surface area contributed by atoms with Crippen molar-refractivity contribution in [1.29, 1.82) is 0 Å². The maximum Gasteiger partial charge on any atom is 0.310 e. The van der Waals surface area contributed by atoms with Crippen LogP contribution in [0.25, 0.3) is 0 Å². The van der Waals surface area contributed by atoms with E-state index in [0.717, 1.165) is 18.4 Å². The van der Waals surface area contributed by atoms with Crippen LogP contribution in [0.5, 0.6) is 0 Å². The number of benzene rings is 1. The number of esters is 1. The van der Waals surface area contributed by atoms with Crippen LogP contribution in [0.15, 0.2) is 30.3 Å². The fraction of sp³-hybridized carbons (Fsp3) is 0.611. The predicted molar refractivity (Wildman–Crippen MR) is 95.0 cm³/mol. The van der Waals surface area contributed by atoms with E-state index in [1.54, 1.807) is 11.2 Å². The lowest BCUT2D eigenvalue weighted by Gasteiger charge is -2.35. The normalized spacial score (nSPS) is 25.8. The third-order valence-electron chi connectivity index (χ3n) is 5.01. The Bertz CT molecular complexity index is 692. The maximum absolute atomic E-state index is 13.2. The van der Waals surface area contributed by atoms with Crippen LogP contribution in [0, 0.1) is 5.92 Å². The van der Waals surface area contributed by atoms with Crippen LogP contribution < -0.4 is 0 Å². The van der Waals surface area contributed by atoms with Crippen molar-refractivity contribution in [3.63, 3.8) is 0 Å². The molecule has 0 radical (unpaired) electrons. The zero-order valence-corrected chi connectivity index (χ0v) is 15.5. The number of rotatable bonds is 5. The maximum atomic E-state index is 13.2. The second-order valence-corrected chi connectivity index (χ2v) is 8.52. The number of carbonyl (C=O) groups excluding carboxylic acids is 1. The van der Waals surface area contributed by atoms with E-state index in [1.807, 2.05) is 30.3 Å². The van der Waals surface area contributed by atoms with Crippen molar-refractivity contribution in [2.75, 3.05) is 26.2 Å². The summed E-state index contributed by atoms with van der Waals surface area (Å²) in [5.74, 6) is -0.648. The summed E-state index contributed by atoms with van der Waals surface area (Å²) in [5.41, 5.74) is 1.03. The topological polar surface area (TPSA) is 66.9 Å². The molecule has 0 aromatic heterocycles. The first-order valence-electron chi connectivity index (χ1n) is 9.02. The smallest absolute Gasteiger partial charge is 0.310 e. The molecule has 2 aliphatic rings. The van der Waals surface area contributed by atoms with Crippen molar-refractivity contribution in [3.05, 3.63) is 35.9 Å². The molecular formula is C18H26N2O4S. The molecule has 0 bridgehead atoms. The molecule has 3 rings (SSSR count). The Morgan fingerprint density at radius 3 is 2.60 bits per heavy atom. The van der Waals surface area contributed by atoms with Crippen LogP contribution in [-0.4, -0.2) is 49.2 Å². The highest BCUT2D eigenvalue weighted by Gasteiger charge is 2.41. The van der Waals surface area contributed by atoms with Crippen molar-refractivity contribution in [2.45, 2.75) is 38.6 Å². The van der Waals surface area contributed by atoms with Crippen molar-refractivity contribution in [2.24, 2.45) is 5.92 Å². The van der Waals surface area contributed by atoms with Crippen molar-refractivity contribution in [1.82, 2.24) is 8.61 Å². The Morgan fingerprint density at radius 2 is 1.88 bits per heavy atom. The summed E-state index contributed by atoms with van der Waals surface area (Å²) in [6.45, 7) is 3.31. The van der Waals surface area contributed by atoms with Crippen LogP contribution in [0.1, 0.15) is 44.2 Å². The first-order valence-corrected chi connectivity index (χ1v) is 10.4. The minimum Gasteiger partial charge on any atom is -0.466 e. The van der Waals surface area contributed by atoms with Crippen LogP contribution in [0.3, 0.4) is 0 Å². The molecule has 2 fully saturated rings. The first-order chi connectivity index (χ1) is 12.0. The SMILES string of the molecule is CCOC(=O)[C@H]1CCCN(S(=O)(=O)N2CCC[C@@H]2c2ccccc2)C1. The lowest BCUT2D eigenvalue weighted by atomic mass is 10.0. The molecule has 2 heterocycles. The summed E-state index contributed by atoms with van der Waals surface area (Å²) < 4.78 is 34.6. The van der Waals surface area contributed by atoms with Crippen molar-refractivity contribution in [3.8, 4) is 0 Å². The quantitative estimate of drug-likeness (QED) is 0.750. The van der Waals surface area contributed by atoms with Gasteiger partial charge < -0.3 is 4.74 Å². The third kappa shape index (κ3) is 3.88. The molecule has 2 aliphatic heterocycles. The second kappa shape index (κ2) is 7.85. The van der Waals surface area contributed by atoms with Gasteiger partial charge in [0.25, 0.3) is 10.2 Å². The Morgan fingerprint density at radius 1 is 1.16 bits per heavy atom. The lowest BCUT2D eigenvalue weighted by Crippen LogP contribution is -2.49. The fourth-order valence-electron chi connectivity index (χ4n) is 3.78. The average Bonchev–Trinajstić information content (AvgIpc) is 3.13. The molecule has 2 atom stereocenters. The summed E-state index contributed by atoms with van der Waals surface area (Å²) in [7, 11) is -3.58. The third-order valence-corrected chi connectivity index (χ3v) is 7.03. The van der Waals surface area contributed by atoms with Gasteiger partial charge in [-0.15, -0.1) is 0 Å². The lowest BCUT2D eigenvalue weighted by molar-refractivity contribution is -0.149. The summed E-state index contributed by atoms with van der Waals surface area (Å²) in [6, 6.07) is 9.67. The van der Waals surface area contributed by atoms with Gasteiger partial charge in [0.05, 0.1) is 18.6 Å². The average molecular weight is 366 g/mol. The molecule has 1 aromatic rings. The Labute approximate surface area is 149 Å². The molecule has 0 spiro atoms. The highest BCUT2D eigenvalue weighted by molar-refractivity contribution is 7.86. The number of nitrogens with zero attached hydrogens (tertiary/aromatic N) is 2. The van der Waals surface area contributed by atoms with E-state index < -0.39 is 10.2 Å². The van der Waals surface area contributed by atoms with E-state index in [0.29, 0.717) is 32.5 Å². The molecule has 1 aromatic carbocycles. The zero-order chi connectivity index (χ0) is 17.9. The van der Waals surface area contributed by atoms with Gasteiger partial charge in [0, 0.05) is 19.6 Å². The molecular weight excluding hydrogens is 340 g/mol. The minimum atomic E-state index is -3.58. The molecule has 0 saturated carbocycles. The predicted octanol–water partition coefficient (Wildman–Crippen LogP) is 2.34. The van der Waals surface area contributed by atoms with E-state index in [4.69, 9.17) is 4.74 Å². The molecule has 138 valence electrons. The summed E-state index contributed by atoms with van der Waals surface area (Å²) in [5, 5.41) is 0. The Balaban J connectivity index is 1.77. The Kier molecular flexibility index (Phi) is 5.76. The molecule has 7 heteroatoms. The second-order valence-electron chi connectivity index (χ2n) is 6.64.